The molecule has 0 atom stereocenters. The number of ether oxygens (including phenoxy) is 2. The summed E-state index contributed by atoms with van der Waals surface area (Å²) < 4.78 is 11.3. The summed E-state index contributed by atoms with van der Waals surface area (Å²) in [5, 5.41) is 0. The molecule has 3 rings (SSSR count). The molecule has 5 heteroatoms. The van der Waals surface area contributed by atoms with Crippen molar-refractivity contribution in [3.8, 4) is 11.5 Å². The molecule has 0 saturated heterocycles. The fourth-order valence-corrected chi connectivity index (χ4v) is 2.77. The Morgan fingerprint density at radius 1 is 0.704 bits per heavy atom. The van der Waals surface area contributed by atoms with Crippen LogP contribution >= 0.6 is 15.9 Å². The Bertz CT molecular complexity index is 976. The number of esters is 2. The molecule has 0 saturated carbocycles. The van der Waals surface area contributed by atoms with Crippen molar-refractivity contribution in [2.24, 2.45) is 0 Å². The number of halogens is 1. The van der Waals surface area contributed by atoms with E-state index in [1.807, 2.05) is 38.1 Å². The molecule has 0 N–H and O–H groups in total. The number of carbonyl (C=O) groups excluding carboxylic acids is 2. The normalized spacial score (nSPS) is 10.3. The van der Waals surface area contributed by atoms with Crippen molar-refractivity contribution in [1.82, 2.24) is 0 Å². The van der Waals surface area contributed by atoms with Gasteiger partial charge in [0.05, 0.1) is 15.6 Å². The lowest BCUT2D eigenvalue weighted by Crippen LogP contribution is -2.10. The minimum absolute atomic E-state index is 0.343. The molecule has 4 nitrogen and oxygen atoms in total. The van der Waals surface area contributed by atoms with Gasteiger partial charge in [0.25, 0.3) is 0 Å². The maximum Gasteiger partial charge on any atom is 0.343 e. The van der Waals surface area contributed by atoms with Gasteiger partial charge in [0.2, 0.25) is 0 Å². The van der Waals surface area contributed by atoms with Crippen LogP contribution in [0.3, 0.4) is 0 Å². The Kier molecular flexibility index (Phi) is 5.72. The van der Waals surface area contributed by atoms with Crippen LogP contribution in [0.25, 0.3) is 0 Å². The van der Waals surface area contributed by atoms with Crippen LogP contribution in [0.1, 0.15) is 31.8 Å². The molecule has 136 valence electrons. The fourth-order valence-electron chi connectivity index (χ4n) is 2.33. The number of aryl methyl sites for hydroxylation is 2. The largest absolute Gasteiger partial charge is 0.423 e. The monoisotopic (exact) mass is 424 g/mol. The van der Waals surface area contributed by atoms with Gasteiger partial charge in [0.1, 0.15) is 11.5 Å². The van der Waals surface area contributed by atoms with Crippen molar-refractivity contribution < 1.29 is 19.1 Å². The maximum absolute atomic E-state index is 12.2. The standard InChI is InChI=1S/C22H17BrO4/c1-14-3-7-16(8-4-14)21(24)26-18-11-12-20(19(23)13-18)27-22(25)17-9-5-15(2)6-10-17/h3-13H,1-2H3. The van der Waals surface area contributed by atoms with E-state index >= 15 is 0 Å². The number of benzene rings is 3. The van der Waals surface area contributed by atoms with Crippen LogP contribution in [0, 0.1) is 13.8 Å². The molecule has 3 aromatic rings. The summed E-state index contributed by atoms with van der Waals surface area (Å²) in [7, 11) is 0. The van der Waals surface area contributed by atoms with Gasteiger partial charge in [-0.15, -0.1) is 0 Å². The van der Waals surface area contributed by atoms with Gasteiger partial charge in [0, 0.05) is 0 Å². The van der Waals surface area contributed by atoms with Gasteiger partial charge in [-0.05, 0) is 72.2 Å². The van der Waals surface area contributed by atoms with Crippen molar-refractivity contribution in [3.05, 3.63) is 93.5 Å². The molecule has 0 heterocycles. The number of rotatable bonds is 4. The topological polar surface area (TPSA) is 52.6 Å². The second-order valence-corrected chi connectivity index (χ2v) is 6.96. The molecule has 27 heavy (non-hydrogen) atoms. The van der Waals surface area contributed by atoms with Crippen molar-refractivity contribution in [3.63, 3.8) is 0 Å². The molecule has 0 spiro atoms. The minimum atomic E-state index is -0.458. The first-order valence-corrected chi connectivity index (χ1v) is 9.09. The third-order valence-corrected chi connectivity index (χ3v) is 4.51. The SMILES string of the molecule is Cc1ccc(C(=O)Oc2ccc(OC(=O)c3ccc(C)cc3)c(Br)c2)cc1. The molecular formula is C22H17BrO4. The molecule has 0 radical (unpaired) electrons. The Morgan fingerprint density at radius 2 is 1.19 bits per heavy atom. The van der Waals surface area contributed by atoms with Gasteiger partial charge in [-0.25, -0.2) is 9.59 Å². The van der Waals surface area contributed by atoms with Crippen LogP contribution in [0.2, 0.25) is 0 Å². The summed E-state index contributed by atoms with van der Waals surface area (Å²) in [6, 6.07) is 19.0. The van der Waals surface area contributed by atoms with E-state index in [1.54, 1.807) is 42.5 Å². The summed E-state index contributed by atoms with van der Waals surface area (Å²) in [6.45, 7) is 3.89. The molecule has 0 aliphatic carbocycles. The van der Waals surface area contributed by atoms with Crippen molar-refractivity contribution in [2.75, 3.05) is 0 Å². The minimum Gasteiger partial charge on any atom is -0.423 e. The van der Waals surface area contributed by atoms with E-state index in [4.69, 9.17) is 9.47 Å². The third kappa shape index (κ3) is 4.83. The average Bonchev–Trinajstić information content (AvgIpc) is 2.65. The number of hydrogen-bond donors (Lipinski definition) is 0. The van der Waals surface area contributed by atoms with Crippen LogP contribution in [-0.4, -0.2) is 11.9 Å². The van der Waals surface area contributed by atoms with Crippen LogP contribution in [0.4, 0.5) is 0 Å². The first kappa shape index (κ1) is 18.9. The maximum atomic E-state index is 12.2. The lowest BCUT2D eigenvalue weighted by atomic mass is 10.1. The predicted octanol–water partition coefficient (Wildman–Crippen LogP) is 5.50. The third-order valence-electron chi connectivity index (χ3n) is 3.89. The zero-order valence-corrected chi connectivity index (χ0v) is 16.4. The van der Waals surface area contributed by atoms with E-state index < -0.39 is 11.9 Å². The lowest BCUT2D eigenvalue weighted by molar-refractivity contribution is 0.0718. The summed E-state index contributed by atoms with van der Waals surface area (Å²) >= 11 is 3.35. The van der Waals surface area contributed by atoms with Gasteiger partial charge >= 0.3 is 11.9 Å². The quantitative estimate of drug-likeness (QED) is 0.409. The van der Waals surface area contributed by atoms with E-state index in [0.717, 1.165) is 11.1 Å². The summed E-state index contributed by atoms with van der Waals surface area (Å²) in [6.07, 6.45) is 0. The van der Waals surface area contributed by atoms with Crippen LogP contribution in [0.5, 0.6) is 11.5 Å². The first-order chi connectivity index (χ1) is 12.9. The molecule has 3 aromatic carbocycles. The molecule has 0 aromatic heterocycles. The molecule has 0 aliphatic heterocycles. The second kappa shape index (κ2) is 8.18. The van der Waals surface area contributed by atoms with E-state index in [1.165, 1.54) is 0 Å². The highest BCUT2D eigenvalue weighted by Crippen LogP contribution is 2.30. The molecular weight excluding hydrogens is 408 g/mol. The van der Waals surface area contributed by atoms with Crippen LogP contribution < -0.4 is 9.47 Å². The summed E-state index contributed by atoms with van der Waals surface area (Å²) in [5.74, 6) is -0.218. The van der Waals surface area contributed by atoms with Gasteiger partial charge in [0.15, 0.2) is 0 Å². The lowest BCUT2D eigenvalue weighted by Gasteiger charge is -2.09. The first-order valence-electron chi connectivity index (χ1n) is 8.29. The Hall–Kier alpha value is -2.92. The second-order valence-electron chi connectivity index (χ2n) is 6.10. The van der Waals surface area contributed by atoms with Crippen molar-refractivity contribution in [2.45, 2.75) is 13.8 Å². The van der Waals surface area contributed by atoms with E-state index in [-0.39, 0.29) is 0 Å². The van der Waals surface area contributed by atoms with Crippen LogP contribution in [-0.2, 0) is 0 Å². The average molecular weight is 425 g/mol. The highest BCUT2D eigenvalue weighted by atomic mass is 79.9. The molecule has 0 fully saturated rings. The van der Waals surface area contributed by atoms with Crippen molar-refractivity contribution >= 4 is 27.9 Å². The Morgan fingerprint density at radius 3 is 1.67 bits per heavy atom. The van der Waals surface area contributed by atoms with E-state index in [2.05, 4.69) is 15.9 Å². The molecule has 0 bridgehead atoms. The number of carbonyl (C=O) groups is 2. The van der Waals surface area contributed by atoms with Crippen molar-refractivity contribution in [1.29, 1.82) is 0 Å². The van der Waals surface area contributed by atoms with Gasteiger partial charge in [-0.2, -0.15) is 0 Å². The molecule has 0 amide bonds. The summed E-state index contributed by atoms with van der Waals surface area (Å²) in [4.78, 5) is 24.4. The number of hydrogen-bond acceptors (Lipinski definition) is 4. The zero-order chi connectivity index (χ0) is 19.4. The molecule has 0 aliphatic rings. The highest BCUT2D eigenvalue weighted by molar-refractivity contribution is 9.10. The van der Waals surface area contributed by atoms with Gasteiger partial charge in [-0.1, -0.05) is 35.4 Å². The van der Waals surface area contributed by atoms with Crippen LogP contribution in [0.15, 0.2) is 71.2 Å². The van der Waals surface area contributed by atoms with Gasteiger partial charge in [-0.3, -0.25) is 0 Å². The van der Waals surface area contributed by atoms with E-state index in [9.17, 15) is 9.59 Å². The smallest absolute Gasteiger partial charge is 0.343 e. The Balaban J connectivity index is 1.69. The highest BCUT2D eigenvalue weighted by Gasteiger charge is 2.13. The summed E-state index contributed by atoms with van der Waals surface area (Å²) in [5.41, 5.74) is 3.05. The predicted molar refractivity (Wildman–Crippen MR) is 106 cm³/mol. The Labute approximate surface area is 165 Å². The fraction of sp³-hybridized carbons (Fsp3) is 0.0909. The zero-order valence-electron chi connectivity index (χ0n) is 14.9. The van der Waals surface area contributed by atoms with Gasteiger partial charge < -0.3 is 9.47 Å². The van der Waals surface area contributed by atoms with E-state index in [0.29, 0.717) is 27.1 Å². The molecule has 0 unspecified atom stereocenters.